The summed E-state index contributed by atoms with van der Waals surface area (Å²) >= 11 is 11.9. The smallest absolute Gasteiger partial charge is 0.279 e. The molecule has 2 N–H and O–H groups in total. The van der Waals surface area contributed by atoms with Crippen molar-refractivity contribution in [1.82, 2.24) is 0 Å². The lowest BCUT2D eigenvalue weighted by Crippen LogP contribution is -3.13. The monoisotopic (exact) mass is 367 g/mol. The summed E-state index contributed by atoms with van der Waals surface area (Å²) in [5, 5.41) is 3.72. The van der Waals surface area contributed by atoms with Crippen LogP contribution in [-0.2, 0) is 11.3 Å². The fourth-order valence-corrected chi connectivity index (χ4v) is 3.18. The van der Waals surface area contributed by atoms with E-state index in [0.29, 0.717) is 33.9 Å². The summed E-state index contributed by atoms with van der Waals surface area (Å²) < 4.78 is 13.9. The predicted molar refractivity (Wildman–Crippen MR) is 94.0 cm³/mol. The van der Waals surface area contributed by atoms with Crippen molar-refractivity contribution >= 4 is 34.8 Å². The minimum Gasteiger partial charge on any atom is -0.321 e. The van der Waals surface area contributed by atoms with E-state index < -0.39 is 0 Å². The van der Waals surface area contributed by atoms with Gasteiger partial charge in [0.15, 0.2) is 6.54 Å². The number of nitrogens with one attached hydrogen (secondary N) is 2. The number of hydrogen-bond donors (Lipinski definition) is 2. The molecule has 1 amide bonds. The summed E-state index contributed by atoms with van der Waals surface area (Å²) in [7, 11) is 0. The van der Waals surface area contributed by atoms with E-state index in [0.717, 1.165) is 17.7 Å². The maximum absolute atomic E-state index is 13.9. The van der Waals surface area contributed by atoms with Gasteiger partial charge >= 0.3 is 0 Å². The van der Waals surface area contributed by atoms with E-state index in [1.165, 1.54) is 6.07 Å². The fourth-order valence-electron chi connectivity index (χ4n) is 2.72. The van der Waals surface area contributed by atoms with Crippen LogP contribution in [-0.4, -0.2) is 18.5 Å². The highest BCUT2D eigenvalue weighted by molar-refractivity contribution is 6.36. The summed E-state index contributed by atoms with van der Waals surface area (Å²) in [6.45, 7) is 0.775. The summed E-state index contributed by atoms with van der Waals surface area (Å²) in [4.78, 5) is 13.4. The first kappa shape index (κ1) is 17.2. The zero-order valence-corrected chi connectivity index (χ0v) is 14.5. The van der Waals surface area contributed by atoms with E-state index in [9.17, 15) is 9.18 Å². The molecule has 126 valence electrons. The van der Waals surface area contributed by atoms with Crippen LogP contribution >= 0.6 is 23.2 Å². The summed E-state index contributed by atoms with van der Waals surface area (Å²) in [6.07, 6.45) is 2.14. The molecule has 24 heavy (non-hydrogen) atoms. The summed E-state index contributed by atoms with van der Waals surface area (Å²) in [5.74, 6) is -0.366. The number of hydrogen-bond acceptors (Lipinski definition) is 1. The Hall–Kier alpha value is -1.62. The van der Waals surface area contributed by atoms with E-state index >= 15 is 0 Å². The van der Waals surface area contributed by atoms with Crippen molar-refractivity contribution < 1.29 is 14.1 Å². The molecule has 2 aromatic carbocycles. The quantitative estimate of drug-likeness (QED) is 0.806. The molecule has 0 aromatic heterocycles. The van der Waals surface area contributed by atoms with Crippen LogP contribution in [0.3, 0.4) is 0 Å². The largest absolute Gasteiger partial charge is 0.321 e. The second kappa shape index (κ2) is 7.51. The Labute approximate surface area is 150 Å². The van der Waals surface area contributed by atoms with Gasteiger partial charge in [-0.3, -0.25) is 4.79 Å². The molecule has 0 aliphatic heterocycles. The predicted octanol–water partition coefficient (Wildman–Crippen LogP) is 3.32. The van der Waals surface area contributed by atoms with Gasteiger partial charge < -0.3 is 10.2 Å². The SMILES string of the molecule is O=C(C[NH+](Cc1ccccc1F)C1CC1)Nc1ccc(Cl)cc1Cl. The number of amides is 1. The maximum Gasteiger partial charge on any atom is 0.279 e. The number of halogens is 3. The average molecular weight is 368 g/mol. The summed E-state index contributed by atoms with van der Waals surface area (Å²) in [5.41, 5.74) is 1.17. The number of carbonyl (C=O) groups excluding carboxylic acids is 1. The first-order chi connectivity index (χ1) is 11.5. The molecule has 0 saturated heterocycles. The normalized spacial score (nSPS) is 15.1. The van der Waals surface area contributed by atoms with Crippen molar-refractivity contribution in [3.05, 3.63) is 63.9 Å². The van der Waals surface area contributed by atoms with Crippen molar-refractivity contribution in [2.75, 3.05) is 11.9 Å². The van der Waals surface area contributed by atoms with E-state index in [-0.39, 0.29) is 18.3 Å². The van der Waals surface area contributed by atoms with E-state index in [4.69, 9.17) is 23.2 Å². The van der Waals surface area contributed by atoms with Crippen molar-refractivity contribution in [2.24, 2.45) is 0 Å². The molecule has 3 nitrogen and oxygen atoms in total. The van der Waals surface area contributed by atoms with Gasteiger partial charge in [0.1, 0.15) is 12.4 Å². The Morgan fingerprint density at radius 2 is 1.96 bits per heavy atom. The molecule has 1 atom stereocenters. The van der Waals surface area contributed by atoms with Gasteiger partial charge in [-0.15, -0.1) is 0 Å². The maximum atomic E-state index is 13.9. The third kappa shape index (κ3) is 4.47. The molecule has 2 aromatic rings. The molecule has 1 unspecified atom stereocenters. The third-order valence-corrected chi connectivity index (χ3v) is 4.67. The van der Waals surface area contributed by atoms with Crippen LogP contribution in [0.15, 0.2) is 42.5 Å². The topological polar surface area (TPSA) is 33.5 Å². The Morgan fingerprint density at radius 1 is 1.21 bits per heavy atom. The molecule has 0 spiro atoms. The lowest BCUT2D eigenvalue weighted by atomic mass is 10.2. The van der Waals surface area contributed by atoms with Gasteiger partial charge in [-0.05, 0) is 24.3 Å². The molecule has 0 heterocycles. The van der Waals surface area contributed by atoms with Crippen LogP contribution in [0, 0.1) is 5.82 Å². The first-order valence-corrected chi connectivity index (χ1v) is 8.61. The Morgan fingerprint density at radius 3 is 2.62 bits per heavy atom. The lowest BCUT2D eigenvalue weighted by molar-refractivity contribution is -0.917. The molecular weight excluding hydrogens is 350 g/mol. The first-order valence-electron chi connectivity index (χ1n) is 7.86. The second-order valence-electron chi connectivity index (χ2n) is 6.05. The lowest BCUT2D eigenvalue weighted by Gasteiger charge is -2.19. The molecule has 0 bridgehead atoms. The number of carbonyl (C=O) groups is 1. The van der Waals surface area contributed by atoms with Crippen molar-refractivity contribution in [3.63, 3.8) is 0 Å². The Kier molecular flexibility index (Phi) is 5.39. The van der Waals surface area contributed by atoms with Crippen LogP contribution < -0.4 is 10.2 Å². The fraction of sp³-hybridized carbons (Fsp3) is 0.278. The average Bonchev–Trinajstić information content (AvgIpc) is 3.36. The van der Waals surface area contributed by atoms with Gasteiger partial charge in [0, 0.05) is 23.4 Å². The Bertz CT molecular complexity index is 750. The molecule has 1 aliphatic carbocycles. The highest BCUT2D eigenvalue weighted by atomic mass is 35.5. The third-order valence-electron chi connectivity index (χ3n) is 4.12. The van der Waals surface area contributed by atoms with Crippen LogP contribution in [0.25, 0.3) is 0 Å². The molecule has 0 radical (unpaired) electrons. The van der Waals surface area contributed by atoms with E-state index in [2.05, 4.69) is 5.32 Å². The molecule has 3 rings (SSSR count). The number of anilines is 1. The summed E-state index contributed by atoms with van der Waals surface area (Å²) in [6, 6.07) is 12.1. The molecular formula is C18H18Cl2FN2O+. The van der Waals surface area contributed by atoms with Gasteiger partial charge in [-0.25, -0.2) is 4.39 Å². The van der Waals surface area contributed by atoms with Gasteiger partial charge in [0.25, 0.3) is 5.91 Å². The molecule has 6 heteroatoms. The molecule has 1 aliphatic rings. The molecule has 1 saturated carbocycles. The van der Waals surface area contributed by atoms with E-state index in [1.54, 1.807) is 30.3 Å². The highest BCUT2D eigenvalue weighted by Crippen LogP contribution is 2.25. The van der Waals surface area contributed by atoms with Crippen molar-refractivity contribution in [3.8, 4) is 0 Å². The van der Waals surface area contributed by atoms with Gasteiger partial charge in [0.05, 0.1) is 16.8 Å². The number of quaternary nitrogens is 1. The van der Waals surface area contributed by atoms with Crippen LogP contribution in [0.2, 0.25) is 10.0 Å². The number of benzene rings is 2. The van der Waals surface area contributed by atoms with Crippen molar-refractivity contribution in [1.29, 1.82) is 0 Å². The second-order valence-corrected chi connectivity index (χ2v) is 6.89. The highest BCUT2D eigenvalue weighted by Gasteiger charge is 2.35. The molecule has 1 fully saturated rings. The van der Waals surface area contributed by atoms with Crippen molar-refractivity contribution in [2.45, 2.75) is 25.4 Å². The zero-order chi connectivity index (χ0) is 17.1. The van der Waals surface area contributed by atoms with E-state index in [1.807, 2.05) is 6.07 Å². The van der Waals surface area contributed by atoms with Gasteiger partial charge in [-0.1, -0.05) is 41.4 Å². The van der Waals surface area contributed by atoms with Crippen LogP contribution in [0.4, 0.5) is 10.1 Å². The minimum absolute atomic E-state index is 0.141. The zero-order valence-electron chi connectivity index (χ0n) is 13.0. The van der Waals surface area contributed by atoms with Crippen LogP contribution in [0.5, 0.6) is 0 Å². The van der Waals surface area contributed by atoms with Gasteiger partial charge in [-0.2, -0.15) is 0 Å². The standard InChI is InChI=1S/C18H17Cl2FN2O/c19-13-5-8-17(15(20)9-13)22-18(24)11-23(14-6-7-14)10-12-3-1-2-4-16(12)21/h1-5,8-9,14H,6-7,10-11H2,(H,22,24)/p+1. The minimum atomic E-state index is -0.225. The Balaban J connectivity index is 1.65. The van der Waals surface area contributed by atoms with Gasteiger partial charge in [0.2, 0.25) is 0 Å². The van der Waals surface area contributed by atoms with Crippen LogP contribution in [0.1, 0.15) is 18.4 Å². The number of rotatable bonds is 6.